The first kappa shape index (κ1) is 82.2. The molecule has 1 saturated heterocycles. The Bertz CT molecular complexity index is 1500. The number of aliphatic hydroxyl groups is 5. The summed E-state index contributed by atoms with van der Waals surface area (Å²) in [6, 6.07) is -0.720. The highest BCUT2D eigenvalue weighted by Crippen LogP contribution is 2.24. The van der Waals surface area contributed by atoms with Gasteiger partial charge in [0, 0.05) is 6.42 Å². The molecule has 0 radical (unpaired) electrons. The van der Waals surface area contributed by atoms with Gasteiger partial charge < -0.3 is 40.3 Å². The highest BCUT2D eigenvalue weighted by atomic mass is 16.7. The van der Waals surface area contributed by atoms with E-state index in [1.807, 2.05) is 0 Å². The van der Waals surface area contributed by atoms with Crippen LogP contribution in [-0.2, 0) is 14.3 Å². The summed E-state index contributed by atoms with van der Waals surface area (Å²) in [5.74, 6) is -0.137. The molecule has 1 aliphatic rings. The molecule has 0 aromatic carbocycles. The van der Waals surface area contributed by atoms with Crippen LogP contribution < -0.4 is 5.32 Å². The molecule has 6 N–H and O–H groups in total. The second kappa shape index (κ2) is 66.1. The van der Waals surface area contributed by atoms with Gasteiger partial charge in [-0.1, -0.05) is 371 Å². The predicted octanol–water partition coefficient (Wildman–Crippen LogP) is 21.1. The smallest absolute Gasteiger partial charge is 0.220 e. The quantitative estimate of drug-likeness (QED) is 0.0261. The van der Waals surface area contributed by atoms with E-state index in [1.165, 1.54) is 289 Å². The van der Waals surface area contributed by atoms with Crippen LogP contribution in [0.4, 0.5) is 0 Å². The van der Waals surface area contributed by atoms with E-state index in [0.29, 0.717) is 12.8 Å². The topological polar surface area (TPSA) is 149 Å². The van der Waals surface area contributed by atoms with Crippen LogP contribution in [0.25, 0.3) is 0 Å². The summed E-state index contributed by atoms with van der Waals surface area (Å²) in [6.07, 6.45) is 83.5. The van der Waals surface area contributed by atoms with Gasteiger partial charge in [-0.25, -0.2) is 0 Å². The average molecular weight is 1210 g/mol. The monoisotopic (exact) mass is 1210 g/mol. The van der Waals surface area contributed by atoms with Gasteiger partial charge in [0.15, 0.2) is 6.29 Å². The van der Waals surface area contributed by atoms with Crippen LogP contribution in [0.5, 0.6) is 0 Å². The summed E-state index contributed by atoms with van der Waals surface area (Å²) in [5.41, 5.74) is 0. The van der Waals surface area contributed by atoms with Crippen LogP contribution in [0.1, 0.15) is 380 Å². The van der Waals surface area contributed by atoms with Gasteiger partial charge in [0.1, 0.15) is 24.4 Å². The summed E-state index contributed by atoms with van der Waals surface area (Å²) in [6.45, 7) is 3.78. The van der Waals surface area contributed by atoms with Crippen LogP contribution in [0, 0.1) is 0 Å². The van der Waals surface area contributed by atoms with E-state index in [4.69, 9.17) is 9.47 Å². The SMILES string of the molecule is CC/C=C\C/C=C\C/C=C\C/C=C\CCCCCCCCCCCCCCCCCCCCCCC(=O)NC(COC1OC(CO)C(O)C(O)C1O)C(O)CCCCCCCCCCCCCCCCCCCCCCCCCCCCCCCC. The molecule has 1 amide bonds. The lowest BCUT2D eigenvalue weighted by atomic mass is 9.99. The third-order valence-corrected chi connectivity index (χ3v) is 18.2. The summed E-state index contributed by atoms with van der Waals surface area (Å²) < 4.78 is 11.4. The Hall–Kier alpha value is -1.85. The molecular weight excluding hydrogens is 1070 g/mol. The fourth-order valence-electron chi connectivity index (χ4n) is 12.3. The average Bonchev–Trinajstić information content (AvgIpc) is 2.60. The number of amides is 1. The Kier molecular flexibility index (Phi) is 63.1. The van der Waals surface area contributed by atoms with Gasteiger partial charge in [0.05, 0.1) is 25.4 Å². The predicted molar refractivity (Wildman–Crippen MR) is 369 cm³/mol. The number of nitrogens with one attached hydrogen (secondary N) is 1. The molecule has 9 nitrogen and oxygen atoms in total. The molecule has 9 heteroatoms. The normalized spacial score (nSPS) is 18.2. The Labute approximate surface area is 533 Å². The van der Waals surface area contributed by atoms with Crippen molar-refractivity contribution >= 4 is 5.91 Å². The molecule has 0 spiro atoms. The van der Waals surface area contributed by atoms with Crippen molar-refractivity contribution in [3.05, 3.63) is 48.6 Å². The van der Waals surface area contributed by atoms with Crippen molar-refractivity contribution < 1.29 is 39.8 Å². The Morgan fingerprint density at radius 3 is 1.07 bits per heavy atom. The number of carbonyl (C=O) groups is 1. The van der Waals surface area contributed by atoms with Gasteiger partial charge in [0.25, 0.3) is 0 Å². The number of hydrogen-bond acceptors (Lipinski definition) is 8. The molecule has 0 aliphatic carbocycles. The minimum absolute atomic E-state index is 0.134. The minimum atomic E-state index is -1.55. The van der Waals surface area contributed by atoms with Crippen molar-refractivity contribution in [3.8, 4) is 0 Å². The maximum atomic E-state index is 13.2. The van der Waals surface area contributed by atoms with Gasteiger partial charge in [-0.3, -0.25) is 4.79 Å². The molecule has 1 aliphatic heterocycles. The molecule has 1 rings (SSSR count). The highest BCUT2D eigenvalue weighted by molar-refractivity contribution is 5.76. The molecule has 7 atom stereocenters. The van der Waals surface area contributed by atoms with Gasteiger partial charge >= 0.3 is 0 Å². The van der Waals surface area contributed by atoms with E-state index in [1.54, 1.807) is 0 Å². The molecule has 0 aromatic heterocycles. The Balaban J connectivity index is 2.07. The number of rotatable bonds is 67. The van der Waals surface area contributed by atoms with Crippen LogP contribution in [0.15, 0.2) is 48.6 Å². The second-order valence-electron chi connectivity index (χ2n) is 26.4. The zero-order valence-corrected chi connectivity index (χ0v) is 56.8. The first-order valence-electron chi connectivity index (χ1n) is 37.8. The third-order valence-electron chi connectivity index (χ3n) is 18.2. The van der Waals surface area contributed by atoms with Gasteiger partial charge in [-0.2, -0.15) is 0 Å². The maximum absolute atomic E-state index is 13.2. The third kappa shape index (κ3) is 53.9. The number of aliphatic hydroxyl groups excluding tert-OH is 5. The van der Waals surface area contributed by atoms with E-state index in [9.17, 15) is 30.3 Å². The molecule has 0 saturated carbocycles. The molecule has 86 heavy (non-hydrogen) atoms. The molecule has 1 heterocycles. The van der Waals surface area contributed by atoms with E-state index >= 15 is 0 Å². The lowest BCUT2D eigenvalue weighted by Crippen LogP contribution is -2.60. The number of carbonyl (C=O) groups excluding carboxylic acids is 1. The Morgan fingerprint density at radius 1 is 0.407 bits per heavy atom. The lowest BCUT2D eigenvalue weighted by molar-refractivity contribution is -0.302. The van der Waals surface area contributed by atoms with Crippen molar-refractivity contribution in [1.29, 1.82) is 0 Å². The van der Waals surface area contributed by atoms with Crippen molar-refractivity contribution in [2.24, 2.45) is 0 Å². The number of ether oxygens (including phenoxy) is 2. The summed E-state index contributed by atoms with van der Waals surface area (Å²) in [5, 5.41) is 55.0. The van der Waals surface area contributed by atoms with Crippen molar-refractivity contribution in [2.45, 2.75) is 423 Å². The van der Waals surface area contributed by atoms with Crippen molar-refractivity contribution in [1.82, 2.24) is 5.32 Å². The zero-order chi connectivity index (χ0) is 62.1. The lowest BCUT2D eigenvalue weighted by Gasteiger charge is -2.40. The van der Waals surface area contributed by atoms with E-state index in [0.717, 1.165) is 64.2 Å². The molecule has 506 valence electrons. The fourth-order valence-corrected chi connectivity index (χ4v) is 12.3. The van der Waals surface area contributed by atoms with Gasteiger partial charge in [-0.05, 0) is 51.4 Å². The molecule has 1 fully saturated rings. The zero-order valence-electron chi connectivity index (χ0n) is 56.8. The molecule has 7 unspecified atom stereocenters. The van der Waals surface area contributed by atoms with E-state index in [-0.39, 0.29) is 12.5 Å². The standard InChI is InChI=1S/C77H145NO8/c1-3-5-7-9-11-13-15-17-19-21-23-25-27-29-31-33-35-36-37-39-41-43-45-47-49-51-53-55-57-59-61-63-65-67-73(81)78-70(69-85-77-76(84)75(83)74(82)72(68-79)86-77)71(80)66-64-62-60-58-56-54-52-50-48-46-44-42-40-38-34-32-30-28-26-24-22-20-18-16-14-12-10-8-6-4-2/h5,7,11,13,17,19,23,25,70-72,74-77,79-80,82-84H,3-4,6,8-10,12,14-16,18,20-22,24,26-69H2,1-2H3,(H,78,81)/b7-5-,13-11-,19-17-,25-23-. The number of unbranched alkanes of at least 4 members (excludes halogenated alkanes) is 49. The Morgan fingerprint density at radius 2 is 0.721 bits per heavy atom. The first-order chi connectivity index (χ1) is 42.3. The summed E-state index contributed by atoms with van der Waals surface area (Å²) >= 11 is 0. The van der Waals surface area contributed by atoms with Crippen LogP contribution >= 0.6 is 0 Å². The van der Waals surface area contributed by atoms with E-state index < -0.39 is 49.5 Å². The van der Waals surface area contributed by atoms with Crippen LogP contribution in [-0.4, -0.2) is 87.5 Å². The molecule has 0 bridgehead atoms. The second-order valence-corrected chi connectivity index (χ2v) is 26.4. The van der Waals surface area contributed by atoms with Crippen molar-refractivity contribution in [3.63, 3.8) is 0 Å². The molecule has 0 aromatic rings. The van der Waals surface area contributed by atoms with E-state index in [2.05, 4.69) is 67.8 Å². The highest BCUT2D eigenvalue weighted by Gasteiger charge is 2.44. The summed E-state index contributed by atoms with van der Waals surface area (Å²) in [7, 11) is 0. The summed E-state index contributed by atoms with van der Waals surface area (Å²) in [4.78, 5) is 13.2. The molecular formula is C77H145NO8. The van der Waals surface area contributed by atoms with Crippen LogP contribution in [0.3, 0.4) is 0 Å². The van der Waals surface area contributed by atoms with Gasteiger partial charge in [0.2, 0.25) is 5.91 Å². The fraction of sp³-hybridized carbons (Fsp3) is 0.883. The largest absolute Gasteiger partial charge is 0.394 e. The minimum Gasteiger partial charge on any atom is -0.394 e. The number of allylic oxidation sites excluding steroid dienone is 8. The maximum Gasteiger partial charge on any atom is 0.220 e. The van der Waals surface area contributed by atoms with Crippen molar-refractivity contribution in [2.75, 3.05) is 13.2 Å². The number of hydrogen-bond donors (Lipinski definition) is 6. The van der Waals surface area contributed by atoms with Crippen LogP contribution in [0.2, 0.25) is 0 Å². The van der Waals surface area contributed by atoms with Gasteiger partial charge in [-0.15, -0.1) is 0 Å². The first-order valence-corrected chi connectivity index (χ1v) is 37.8.